The fourth-order valence-corrected chi connectivity index (χ4v) is 1.93. The second-order valence-corrected chi connectivity index (χ2v) is 4.05. The average molecular weight is 243 g/mol. The van der Waals surface area contributed by atoms with Crippen LogP contribution in [0, 0.1) is 0 Å². The van der Waals surface area contributed by atoms with Gasteiger partial charge in [-0.2, -0.15) is 0 Å². The van der Waals surface area contributed by atoms with E-state index in [1.54, 1.807) is 0 Å². The Bertz CT molecular complexity index is 427. The predicted molar refractivity (Wildman–Crippen MR) is 56.3 cm³/mol. The minimum absolute atomic E-state index is 0.0741. The van der Waals surface area contributed by atoms with E-state index in [0.29, 0.717) is 4.88 Å². The first-order chi connectivity index (χ1) is 7.56. The molecule has 16 heavy (non-hydrogen) atoms. The Morgan fingerprint density at radius 2 is 2.25 bits per heavy atom. The second-order valence-electron chi connectivity index (χ2n) is 2.93. The molecule has 86 valence electrons. The second kappa shape index (κ2) is 5.47. The Morgan fingerprint density at radius 1 is 1.56 bits per heavy atom. The summed E-state index contributed by atoms with van der Waals surface area (Å²) in [6.07, 6.45) is -2.49. The molecule has 1 aromatic rings. The number of carboxylic acids is 1. The molecule has 0 aliphatic rings. The third-order valence-electron chi connectivity index (χ3n) is 1.83. The maximum absolute atomic E-state index is 10.6. The van der Waals surface area contributed by atoms with Gasteiger partial charge in [0.05, 0.1) is 12.6 Å². The lowest BCUT2D eigenvalue weighted by Crippen LogP contribution is -2.20. The zero-order valence-corrected chi connectivity index (χ0v) is 8.83. The maximum atomic E-state index is 10.6. The highest BCUT2D eigenvalue weighted by molar-refractivity contribution is 7.14. The van der Waals surface area contributed by atoms with Gasteiger partial charge in [-0.25, -0.2) is 4.79 Å². The van der Waals surface area contributed by atoms with Gasteiger partial charge in [0, 0.05) is 9.79 Å². The Labute approximate surface area is 94.2 Å². The van der Waals surface area contributed by atoms with Gasteiger partial charge in [0.2, 0.25) is 0 Å². The van der Waals surface area contributed by atoms with Crippen LogP contribution >= 0.6 is 11.3 Å². The molecule has 0 bridgehead atoms. The summed E-state index contributed by atoms with van der Waals surface area (Å²) in [5.41, 5.74) is 8.03. The van der Waals surface area contributed by atoms with Crippen LogP contribution in [0.5, 0.6) is 0 Å². The molecule has 1 heterocycles. The van der Waals surface area contributed by atoms with Gasteiger partial charge in [0.15, 0.2) is 0 Å². The van der Waals surface area contributed by atoms with Crippen LogP contribution in [-0.4, -0.2) is 33.9 Å². The lowest BCUT2D eigenvalue weighted by molar-refractivity contribution is 0.0266. The molecule has 2 atom stereocenters. The molecular formula is C8H9N3O4S. The van der Waals surface area contributed by atoms with Crippen LogP contribution in [0.1, 0.15) is 20.7 Å². The zero-order chi connectivity index (χ0) is 12.1. The van der Waals surface area contributed by atoms with Gasteiger partial charge < -0.3 is 15.3 Å². The number of thiophene rings is 1. The molecule has 8 heteroatoms. The molecule has 0 saturated carbocycles. The van der Waals surface area contributed by atoms with Crippen molar-refractivity contribution in [1.82, 2.24) is 0 Å². The summed E-state index contributed by atoms with van der Waals surface area (Å²) in [5, 5.41) is 30.8. The van der Waals surface area contributed by atoms with Crippen molar-refractivity contribution in [1.29, 1.82) is 0 Å². The lowest BCUT2D eigenvalue weighted by atomic mass is 10.2. The van der Waals surface area contributed by atoms with Crippen LogP contribution in [0.4, 0.5) is 0 Å². The van der Waals surface area contributed by atoms with Gasteiger partial charge in [-0.1, -0.05) is 5.11 Å². The molecule has 0 amide bonds. The number of aliphatic hydroxyl groups is 2. The van der Waals surface area contributed by atoms with E-state index >= 15 is 0 Å². The summed E-state index contributed by atoms with van der Waals surface area (Å²) in [6, 6.07) is 2.75. The molecule has 1 rings (SSSR count). The highest BCUT2D eigenvalue weighted by Gasteiger charge is 2.20. The van der Waals surface area contributed by atoms with E-state index in [1.165, 1.54) is 12.1 Å². The molecule has 0 fully saturated rings. The fraction of sp³-hybridized carbons (Fsp3) is 0.375. The highest BCUT2D eigenvalue weighted by atomic mass is 32.1. The minimum atomic E-state index is -1.25. The number of rotatable bonds is 5. The van der Waals surface area contributed by atoms with E-state index in [2.05, 4.69) is 10.0 Å². The van der Waals surface area contributed by atoms with Crippen molar-refractivity contribution in [3.8, 4) is 0 Å². The Kier molecular flexibility index (Phi) is 4.27. The van der Waals surface area contributed by atoms with Gasteiger partial charge >= 0.3 is 5.97 Å². The number of carboxylic acid groups (broad SMARTS) is 1. The number of hydrogen-bond acceptors (Lipinski definition) is 5. The molecule has 0 radical (unpaired) electrons. The summed E-state index contributed by atoms with van der Waals surface area (Å²) in [7, 11) is 0. The number of aliphatic hydroxyl groups excluding tert-OH is 2. The summed E-state index contributed by atoms with van der Waals surface area (Å²) in [4.78, 5) is 13.4. The minimum Gasteiger partial charge on any atom is -0.477 e. The van der Waals surface area contributed by atoms with Gasteiger partial charge in [-0.15, -0.1) is 11.3 Å². The molecule has 0 saturated heterocycles. The van der Waals surface area contributed by atoms with Crippen LogP contribution in [0.25, 0.3) is 10.4 Å². The SMILES string of the molecule is [N-]=[N+]=NCC(O)C(O)c1ccc(C(=O)O)s1. The number of aromatic carboxylic acids is 1. The van der Waals surface area contributed by atoms with Crippen molar-refractivity contribution < 1.29 is 20.1 Å². The molecule has 1 aromatic heterocycles. The fourth-order valence-electron chi connectivity index (χ4n) is 1.04. The average Bonchev–Trinajstić information content (AvgIpc) is 2.74. The molecule has 0 spiro atoms. The van der Waals surface area contributed by atoms with Gasteiger partial charge in [0.1, 0.15) is 11.0 Å². The monoisotopic (exact) mass is 243 g/mol. The van der Waals surface area contributed by atoms with Crippen molar-refractivity contribution >= 4 is 17.3 Å². The largest absolute Gasteiger partial charge is 0.477 e. The number of hydrogen-bond donors (Lipinski definition) is 3. The molecule has 3 N–H and O–H groups in total. The van der Waals surface area contributed by atoms with Gasteiger partial charge in [-0.3, -0.25) is 0 Å². The highest BCUT2D eigenvalue weighted by Crippen LogP contribution is 2.25. The van der Waals surface area contributed by atoms with E-state index < -0.39 is 18.2 Å². The van der Waals surface area contributed by atoms with E-state index in [1.807, 2.05) is 0 Å². The van der Waals surface area contributed by atoms with E-state index in [-0.39, 0.29) is 11.4 Å². The van der Waals surface area contributed by atoms with Crippen LogP contribution in [-0.2, 0) is 0 Å². The zero-order valence-electron chi connectivity index (χ0n) is 8.02. The van der Waals surface area contributed by atoms with Crippen molar-refractivity contribution in [3.05, 3.63) is 32.3 Å². The molecule has 2 unspecified atom stereocenters. The topological polar surface area (TPSA) is 127 Å². The van der Waals surface area contributed by atoms with Crippen molar-refractivity contribution in [3.63, 3.8) is 0 Å². The maximum Gasteiger partial charge on any atom is 0.345 e. The molecule has 0 aliphatic carbocycles. The number of azide groups is 1. The molecule has 0 aromatic carbocycles. The summed E-state index contributed by atoms with van der Waals surface area (Å²) < 4.78 is 0. The Hall–Kier alpha value is -1.60. The first-order valence-electron chi connectivity index (χ1n) is 4.26. The number of nitrogens with zero attached hydrogens (tertiary/aromatic N) is 3. The lowest BCUT2D eigenvalue weighted by Gasteiger charge is -2.13. The number of carbonyl (C=O) groups is 1. The summed E-state index contributed by atoms with van der Waals surface area (Å²) in [5.74, 6) is -1.09. The smallest absolute Gasteiger partial charge is 0.345 e. The normalized spacial score (nSPS) is 13.9. The van der Waals surface area contributed by atoms with E-state index in [9.17, 15) is 15.0 Å². The van der Waals surface area contributed by atoms with Gasteiger partial charge in [-0.05, 0) is 17.7 Å². The molecular weight excluding hydrogens is 234 g/mol. The summed E-state index contributed by atoms with van der Waals surface area (Å²) >= 11 is 0.867. The van der Waals surface area contributed by atoms with Crippen molar-refractivity contribution in [2.24, 2.45) is 5.11 Å². The predicted octanol–water partition coefficient (Wildman–Crippen LogP) is 1.15. The quantitative estimate of drug-likeness (QED) is 0.407. The molecule has 7 nitrogen and oxygen atoms in total. The van der Waals surface area contributed by atoms with E-state index in [0.717, 1.165) is 11.3 Å². The first kappa shape index (κ1) is 12.5. The van der Waals surface area contributed by atoms with Gasteiger partial charge in [0.25, 0.3) is 0 Å². The Balaban J connectivity index is 2.75. The van der Waals surface area contributed by atoms with Crippen LogP contribution in [0.2, 0.25) is 0 Å². The van der Waals surface area contributed by atoms with Crippen LogP contribution in [0.3, 0.4) is 0 Å². The third-order valence-corrected chi connectivity index (χ3v) is 2.97. The van der Waals surface area contributed by atoms with Crippen LogP contribution in [0.15, 0.2) is 17.2 Å². The molecule has 0 aliphatic heterocycles. The standard InChI is InChI=1S/C8H9N3O4S/c9-11-10-3-4(12)7(13)5-1-2-6(16-5)8(14)15/h1-2,4,7,12-13H,3H2,(H,14,15). The Morgan fingerprint density at radius 3 is 2.75 bits per heavy atom. The van der Waals surface area contributed by atoms with Crippen molar-refractivity contribution in [2.75, 3.05) is 6.54 Å². The first-order valence-corrected chi connectivity index (χ1v) is 5.08. The summed E-state index contributed by atoms with van der Waals surface area (Å²) in [6.45, 7) is -0.266. The third kappa shape index (κ3) is 2.94. The van der Waals surface area contributed by atoms with Crippen molar-refractivity contribution in [2.45, 2.75) is 12.2 Å². The van der Waals surface area contributed by atoms with Crippen LogP contribution < -0.4 is 0 Å². The van der Waals surface area contributed by atoms with E-state index in [4.69, 9.17) is 10.6 Å².